The van der Waals surface area contributed by atoms with E-state index in [1.54, 1.807) is 46.0 Å². The minimum absolute atomic E-state index is 0.548. The van der Waals surface area contributed by atoms with E-state index in [9.17, 15) is 0 Å². The zero-order valence-electron chi connectivity index (χ0n) is 9.45. The summed E-state index contributed by atoms with van der Waals surface area (Å²) in [6, 6.07) is 3.59. The normalized spacial score (nSPS) is 11.4. The molecule has 19 heavy (non-hydrogen) atoms. The minimum Gasteiger partial charge on any atom is -0.220 e. The minimum atomic E-state index is 0.548. The van der Waals surface area contributed by atoms with Crippen molar-refractivity contribution >= 4 is 23.3 Å². The molecule has 4 aromatic rings. The van der Waals surface area contributed by atoms with Crippen LogP contribution in [0.5, 0.6) is 0 Å². The third kappa shape index (κ3) is 1.80. The van der Waals surface area contributed by atoms with Crippen molar-refractivity contribution in [1.29, 1.82) is 0 Å². The van der Waals surface area contributed by atoms with Gasteiger partial charge >= 0.3 is 0 Å². The van der Waals surface area contributed by atoms with Crippen LogP contribution in [0, 0.1) is 0 Å². The summed E-state index contributed by atoms with van der Waals surface area (Å²) >= 11 is 1.27. The average molecular weight is 270 g/mol. The van der Waals surface area contributed by atoms with Crippen molar-refractivity contribution in [2.75, 3.05) is 0 Å². The molecule has 0 aliphatic heterocycles. The van der Waals surface area contributed by atoms with Crippen molar-refractivity contribution in [3.05, 3.63) is 36.9 Å². The Morgan fingerprint density at radius 2 is 1.32 bits per heavy atom. The molecule has 0 aromatic carbocycles. The smallest absolute Gasteiger partial charge is 0.220 e. The third-order valence-corrected chi connectivity index (χ3v) is 3.09. The third-order valence-electron chi connectivity index (χ3n) is 2.38. The first-order valence-corrected chi connectivity index (χ1v) is 6.23. The van der Waals surface area contributed by atoms with Crippen molar-refractivity contribution in [3.63, 3.8) is 0 Å². The Balaban J connectivity index is 1.73. The fourth-order valence-electron chi connectivity index (χ4n) is 1.60. The molecular formula is C10H6N8S. The van der Waals surface area contributed by atoms with Crippen LogP contribution in [0.15, 0.2) is 47.2 Å². The van der Waals surface area contributed by atoms with E-state index >= 15 is 0 Å². The number of nitrogens with zero attached hydrogens (tertiary/aromatic N) is 8. The Morgan fingerprint density at radius 1 is 0.789 bits per heavy atom. The van der Waals surface area contributed by atoms with Crippen LogP contribution >= 0.6 is 11.8 Å². The van der Waals surface area contributed by atoms with Crippen molar-refractivity contribution in [3.8, 4) is 0 Å². The van der Waals surface area contributed by atoms with Crippen LogP contribution in [-0.4, -0.2) is 39.2 Å². The van der Waals surface area contributed by atoms with E-state index in [0.29, 0.717) is 21.9 Å². The van der Waals surface area contributed by atoms with Crippen LogP contribution in [0.4, 0.5) is 0 Å². The Kier molecular flexibility index (Phi) is 2.18. The van der Waals surface area contributed by atoms with Gasteiger partial charge in [0, 0.05) is 24.8 Å². The second-order valence-corrected chi connectivity index (χ2v) is 4.55. The Hall–Kier alpha value is -2.55. The van der Waals surface area contributed by atoms with Crippen molar-refractivity contribution in [2.45, 2.75) is 10.3 Å². The summed E-state index contributed by atoms with van der Waals surface area (Å²) in [6.07, 6.45) is 6.92. The predicted octanol–water partition coefficient (Wildman–Crippen LogP) is 0.713. The van der Waals surface area contributed by atoms with Gasteiger partial charge in [0.2, 0.25) is 10.3 Å². The van der Waals surface area contributed by atoms with Gasteiger partial charge in [-0.2, -0.15) is 9.97 Å². The van der Waals surface area contributed by atoms with Gasteiger partial charge in [0.05, 0.1) is 0 Å². The summed E-state index contributed by atoms with van der Waals surface area (Å²) in [4.78, 5) is 16.8. The molecule has 0 N–H and O–H groups in total. The monoisotopic (exact) mass is 270 g/mol. The maximum absolute atomic E-state index is 4.27. The van der Waals surface area contributed by atoms with Gasteiger partial charge in [-0.3, -0.25) is 0 Å². The van der Waals surface area contributed by atoms with Gasteiger partial charge in [0.15, 0.2) is 0 Å². The number of hydrogen-bond acceptors (Lipinski definition) is 7. The van der Waals surface area contributed by atoms with Gasteiger partial charge in [0.1, 0.15) is 0 Å². The Morgan fingerprint density at radius 3 is 1.79 bits per heavy atom. The molecule has 0 bridgehead atoms. The van der Waals surface area contributed by atoms with Gasteiger partial charge in [0.25, 0.3) is 11.6 Å². The van der Waals surface area contributed by atoms with Crippen LogP contribution in [-0.2, 0) is 0 Å². The zero-order valence-corrected chi connectivity index (χ0v) is 10.3. The van der Waals surface area contributed by atoms with E-state index in [2.05, 4.69) is 30.1 Å². The van der Waals surface area contributed by atoms with Gasteiger partial charge in [-0.1, -0.05) is 0 Å². The van der Waals surface area contributed by atoms with E-state index < -0.39 is 0 Å². The molecule has 0 fully saturated rings. The number of aromatic nitrogens is 8. The molecular weight excluding hydrogens is 264 g/mol. The lowest BCUT2D eigenvalue weighted by Gasteiger charge is -1.85. The molecule has 4 heterocycles. The lowest BCUT2D eigenvalue weighted by Crippen LogP contribution is -1.87. The fourth-order valence-corrected chi connectivity index (χ4v) is 2.27. The zero-order chi connectivity index (χ0) is 12.7. The second-order valence-electron chi connectivity index (χ2n) is 3.62. The molecule has 92 valence electrons. The molecule has 0 radical (unpaired) electrons. The highest BCUT2D eigenvalue weighted by molar-refractivity contribution is 7.99. The van der Waals surface area contributed by atoms with Gasteiger partial charge in [-0.15, -0.1) is 10.2 Å². The van der Waals surface area contributed by atoms with Gasteiger partial charge in [-0.05, 0) is 23.9 Å². The lowest BCUT2D eigenvalue weighted by atomic mass is 10.7. The topological polar surface area (TPSA) is 86.2 Å². The van der Waals surface area contributed by atoms with Crippen LogP contribution in [0.1, 0.15) is 0 Å². The Bertz CT molecular complexity index is 728. The Labute approximate surface area is 110 Å². The van der Waals surface area contributed by atoms with Crippen molar-refractivity contribution < 1.29 is 0 Å². The van der Waals surface area contributed by atoms with Crippen LogP contribution < -0.4 is 0 Å². The molecule has 0 spiro atoms. The van der Waals surface area contributed by atoms with E-state index in [4.69, 9.17) is 0 Å². The van der Waals surface area contributed by atoms with Gasteiger partial charge in [-0.25, -0.2) is 19.0 Å². The molecule has 8 nitrogen and oxygen atoms in total. The second kappa shape index (κ2) is 3.99. The summed E-state index contributed by atoms with van der Waals surface area (Å²) in [5, 5.41) is 9.65. The maximum Gasteiger partial charge on any atom is 0.253 e. The lowest BCUT2D eigenvalue weighted by molar-refractivity contribution is 0.859. The number of fused-ring (bicyclic) bond motifs is 2. The molecule has 4 rings (SSSR count). The van der Waals surface area contributed by atoms with Crippen molar-refractivity contribution in [2.24, 2.45) is 0 Å². The summed E-state index contributed by atoms with van der Waals surface area (Å²) < 4.78 is 3.22. The summed E-state index contributed by atoms with van der Waals surface area (Å²) in [6.45, 7) is 0. The molecule has 0 aliphatic carbocycles. The summed E-state index contributed by atoms with van der Waals surface area (Å²) in [5.41, 5.74) is 0. The first kappa shape index (κ1) is 10.4. The van der Waals surface area contributed by atoms with Crippen molar-refractivity contribution in [1.82, 2.24) is 39.2 Å². The number of hydrogen-bond donors (Lipinski definition) is 0. The molecule has 0 amide bonds. The fraction of sp³-hybridized carbons (Fsp3) is 0. The molecule has 0 atom stereocenters. The van der Waals surface area contributed by atoms with Crippen LogP contribution in [0.25, 0.3) is 11.6 Å². The molecule has 0 aliphatic rings. The van der Waals surface area contributed by atoms with E-state index in [1.807, 2.05) is 0 Å². The predicted molar refractivity (Wildman–Crippen MR) is 65.7 cm³/mol. The molecule has 0 saturated heterocycles. The molecule has 9 heteroatoms. The first-order valence-electron chi connectivity index (χ1n) is 5.41. The standard InChI is InChI=1S/C10H6N8S/c1-3-11-7-13-9(15-17(7)5-1)19-10-14-8-12-4-2-6-18(8)16-10/h1-6H. The largest absolute Gasteiger partial charge is 0.253 e. The summed E-state index contributed by atoms with van der Waals surface area (Å²) in [5.74, 6) is 1.10. The molecule has 4 aromatic heterocycles. The highest BCUT2D eigenvalue weighted by Gasteiger charge is 2.10. The summed E-state index contributed by atoms with van der Waals surface area (Å²) in [7, 11) is 0. The molecule has 0 unspecified atom stereocenters. The maximum atomic E-state index is 4.27. The van der Waals surface area contributed by atoms with Crippen LogP contribution in [0.3, 0.4) is 0 Å². The van der Waals surface area contributed by atoms with E-state index in [0.717, 1.165) is 0 Å². The SMILES string of the molecule is c1cnc2nc(Sc3nc4ncccn4n3)nn2c1. The van der Waals surface area contributed by atoms with E-state index in [-0.39, 0.29) is 0 Å². The highest BCUT2D eigenvalue weighted by Crippen LogP contribution is 2.21. The highest BCUT2D eigenvalue weighted by atomic mass is 32.2. The average Bonchev–Trinajstić information content (AvgIpc) is 3.00. The van der Waals surface area contributed by atoms with E-state index in [1.165, 1.54) is 11.8 Å². The quantitative estimate of drug-likeness (QED) is 0.530. The number of rotatable bonds is 2. The van der Waals surface area contributed by atoms with Gasteiger partial charge < -0.3 is 0 Å². The van der Waals surface area contributed by atoms with Crippen LogP contribution in [0.2, 0.25) is 0 Å². The first-order chi connectivity index (χ1) is 9.38. The molecule has 0 saturated carbocycles.